The first-order valence-corrected chi connectivity index (χ1v) is 9.67. The van der Waals surface area contributed by atoms with Crippen LogP contribution in [0.2, 0.25) is 0 Å². The van der Waals surface area contributed by atoms with Crippen LogP contribution < -0.4 is 10.1 Å². The first-order chi connectivity index (χ1) is 13.3. The number of methoxy groups -OCH3 is 1. The molecule has 1 heterocycles. The number of para-hydroxylation sites is 1. The molecule has 0 unspecified atom stereocenters. The highest BCUT2D eigenvalue weighted by Gasteiger charge is 2.20. The lowest BCUT2D eigenvalue weighted by Crippen LogP contribution is -2.51. The molecule has 144 valence electrons. The van der Waals surface area contributed by atoms with Gasteiger partial charge in [0.25, 0.3) is 0 Å². The molecule has 1 fully saturated rings. The number of nitrogens with one attached hydrogen (secondary N) is 1. The van der Waals surface area contributed by atoms with Gasteiger partial charge in [0.15, 0.2) is 0 Å². The Kier molecular flexibility index (Phi) is 7.11. The van der Waals surface area contributed by atoms with Crippen molar-refractivity contribution in [2.75, 3.05) is 39.8 Å². The van der Waals surface area contributed by atoms with E-state index in [-0.39, 0.29) is 6.03 Å². The Morgan fingerprint density at radius 3 is 2.44 bits per heavy atom. The Morgan fingerprint density at radius 2 is 1.70 bits per heavy atom. The molecule has 0 aromatic heterocycles. The number of ether oxygens (including phenoxy) is 1. The SMILES string of the molecule is COc1ccccc1CNC(=O)N1CCN(CCCc2ccccc2)CC1. The Morgan fingerprint density at radius 1 is 1.00 bits per heavy atom. The van der Waals surface area contributed by atoms with Gasteiger partial charge in [0.1, 0.15) is 5.75 Å². The lowest BCUT2D eigenvalue weighted by atomic mass is 10.1. The van der Waals surface area contributed by atoms with E-state index in [0.29, 0.717) is 6.54 Å². The third kappa shape index (κ3) is 5.73. The molecule has 5 heteroatoms. The van der Waals surface area contributed by atoms with Crippen LogP contribution in [0.25, 0.3) is 0 Å². The summed E-state index contributed by atoms with van der Waals surface area (Å²) in [5, 5.41) is 3.01. The zero-order valence-electron chi connectivity index (χ0n) is 16.1. The molecule has 2 amide bonds. The average molecular weight is 367 g/mol. The Hall–Kier alpha value is -2.53. The summed E-state index contributed by atoms with van der Waals surface area (Å²) < 4.78 is 5.34. The molecular formula is C22H29N3O2. The number of urea groups is 1. The van der Waals surface area contributed by atoms with E-state index < -0.39 is 0 Å². The van der Waals surface area contributed by atoms with Crippen molar-refractivity contribution in [2.24, 2.45) is 0 Å². The van der Waals surface area contributed by atoms with Gasteiger partial charge in [0.05, 0.1) is 7.11 Å². The maximum absolute atomic E-state index is 12.4. The Bertz CT molecular complexity index is 713. The topological polar surface area (TPSA) is 44.8 Å². The summed E-state index contributed by atoms with van der Waals surface area (Å²) in [7, 11) is 1.65. The second-order valence-corrected chi connectivity index (χ2v) is 6.89. The third-order valence-electron chi connectivity index (χ3n) is 5.06. The lowest BCUT2D eigenvalue weighted by molar-refractivity contribution is 0.138. The van der Waals surface area contributed by atoms with Gasteiger partial charge in [0, 0.05) is 38.3 Å². The molecule has 27 heavy (non-hydrogen) atoms. The molecular weight excluding hydrogens is 338 g/mol. The summed E-state index contributed by atoms with van der Waals surface area (Å²) >= 11 is 0. The highest BCUT2D eigenvalue weighted by Crippen LogP contribution is 2.17. The minimum Gasteiger partial charge on any atom is -0.496 e. The van der Waals surface area contributed by atoms with Crippen molar-refractivity contribution in [3.8, 4) is 5.75 Å². The molecule has 2 aromatic carbocycles. The Labute approximate surface area is 161 Å². The quantitative estimate of drug-likeness (QED) is 0.818. The molecule has 1 N–H and O–H groups in total. The molecule has 2 aromatic rings. The third-order valence-corrected chi connectivity index (χ3v) is 5.06. The van der Waals surface area contributed by atoms with Crippen molar-refractivity contribution in [3.63, 3.8) is 0 Å². The fourth-order valence-corrected chi connectivity index (χ4v) is 3.46. The lowest BCUT2D eigenvalue weighted by Gasteiger charge is -2.34. The zero-order valence-corrected chi connectivity index (χ0v) is 16.1. The van der Waals surface area contributed by atoms with Gasteiger partial charge < -0.3 is 15.0 Å². The number of hydrogen-bond acceptors (Lipinski definition) is 3. The first-order valence-electron chi connectivity index (χ1n) is 9.67. The fourth-order valence-electron chi connectivity index (χ4n) is 3.46. The van der Waals surface area contributed by atoms with E-state index in [4.69, 9.17) is 4.74 Å². The molecule has 0 bridgehead atoms. The van der Waals surface area contributed by atoms with E-state index in [0.717, 1.165) is 56.9 Å². The van der Waals surface area contributed by atoms with Gasteiger partial charge in [-0.05, 0) is 31.0 Å². The number of aryl methyl sites for hydroxylation is 1. The smallest absolute Gasteiger partial charge is 0.317 e. The van der Waals surface area contributed by atoms with Crippen molar-refractivity contribution in [1.82, 2.24) is 15.1 Å². The van der Waals surface area contributed by atoms with E-state index in [1.54, 1.807) is 7.11 Å². The summed E-state index contributed by atoms with van der Waals surface area (Å²) in [5.41, 5.74) is 2.39. The largest absolute Gasteiger partial charge is 0.496 e. The van der Waals surface area contributed by atoms with Gasteiger partial charge in [-0.25, -0.2) is 4.79 Å². The van der Waals surface area contributed by atoms with Gasteiger partial charge in [0.2, 0.25) is 0 Å². The molecule has 1 aliphatic heterocycles. The van der Waals surface area contributed by atoms with E-state index in [2.05, 4.69) is 40.5 Å². The molecule has 0 atom stereocenters. The molecule has 0 radical (unpaired) electrons. The number of piperazine rings is 1. The standard InChI is InChI=1S/C22H29N3O2/c1-27-21-12-6-5-11-20(21)18-23-22(26)25-16-14-24(15-17-25)13-7-10-19-8-3-2-4-9-19/h2-6,8-9,11-12H,7,10,13-18H2,1H3,(H,23,26). The van der Waals surface area contributed by atoms with Crippen LogP contribution >= 0.6 is 0 Å². The van der Waals surface area contributed by atoms with E-state index in [1.165, 1.54) is 5.56 Å². The van der Waals surface area contributed by atoms with E-state index in [1.807, 2.05) is 29.2 Å². The zero-order chi connectivity index (χ0) is 18.9. The molecule has 3 rings (SSSR count). The molecule has 0 aliphatic carbocycles. The van der Waals surface area contributed by atoms with Crippen molar-refractivity contribution in [3.05, 3.63) is 65.7 Å². The molecule has 1 saturated heterocycles. The predicted molar refractivity (Wildman–Crippen MR) is 108 cm³/mol. The number of carbonyl (C=O) groups excluding carboxylic acids is 1. The van der Waals surface area contributed by atoms with E-state index >= 15 is 0 Å². The number of nitrogens with zero attached hydrogens (tertiary/aromatic N) is 2. The maximum atomic E-state index is 12.4. The number of rotatable bonds is 7. The fraction of sp³-hybridized carbons (Fsp3) is 0.409. The van der Waals surface area contributed by atoms with Gasteiger partial charge in [-0.1, -0.05) is 48.5 Å². The van der Waals surface area contributed by atoms with Gasteiger partial charge in [-0.2, -0.15) is 0 Å². The highest BCUT2D eigenvalue weighted by atomic mass is 16.5. The van der Waals surface area contributed by atoms with Crippen LogP contribution in [-0.2, 0) is 13.0 Å². The molecule has 0 saturated carbocycles. The minimum atomic E-state index is 0.00448. The van der Waals surface area contributed by atoms with Crippen LogP contribution in [0.15, 0.2) is 54.6 Å². The maximum Gasteiger partial charge on any atom is 0.317 e. The predicted octanol–water partition coefficient (Wildman–Crippen LogP) is 3.16. The van der Waals surface area contributed by atoms with Crippen LogP contribution in [0.1, 0.15) is 17.5 Å². The molecule has 1 aliphatic rings. The van der Waals surface area contributed by atoms with Crippen LogP contribution in [0.4, 0.5) is 4.79 Å². The van der Waals surface area contributed by atoms with E-state index in [9.17, 15) is 4.79 Å². The van der Waals surface area contributed by atoms with Gasteiger partial charge in [-0.3, -0.25) is 4.90 Å². The molecule has 5 nitrogen and oxygen atoms in total. The van der Waals surface area contributed by atoms with Crippen molar-refractivity contribution in [1.29, 1.82) is 0 Å². The summed E-state index contributed by atoms with van der Waals surface area (Å²) in [6, 6.07) is 18.4. The first kappa shape index (κ1) is 19.2. The number of amides is 2. The summed E-state index contributed by atoms with van der Waals surface area (Å²) in [6.07, 6.45) is 2.27. The minimum absolute atomic E-state index is 0.00448. The highest BCUT2D eigenvalue weighted by molar-refractivity contribution is 5.74. The number of benzene rings is 2. The van der Waals surface area contributed by atoms with Crippen LogP contribution in [0.3, 0.4) is 0 Å². The van der Waals surface area contributed by atoms with Crippen LogP contribution in [-0.4, -0.2) is 55.7 Å². The summed E-state index contributed by atoms with van der Waals surface area (Å²) in [4.78, 5) is 16.8. The Balaban J connectivity index is 1.36. The second kappa shape index (κ2) is 9.97. The molecule has 0 spiro atoms. The number of hydrogen-bond donors (Lipinski definition) is 1. The van der Waals surface area contributed by atoms with Crippen molar-refractivity contribution in [2.45, 2.75) is 19.4 Å². The normalized spacial score (nSPS) is 14.8. The van der Waals surface area contributed by atoms with Crippen LogP contribution in [0.5, 0.6) is 5.75 Å². The average Bonchev–Trinajstić information content (AvgIpc) is 2.73. The second-order valence-electron chi connectivity index (χ2n) is 6.89. The summed E-state index contributed by atoms with van der Waals surface area (Å²) in [6.45, 7) is 5.02. The number of carbonyl (C=O) groups is 1. The van der Waals surface area contributed by atoms with Crippen molar-refractivity contribution < 1.29 is 9.53 Å². The summed E-state index contributed by atoms with van der Waals surface area (Å²) in [5.74, 6) is 0.807. The van der Waals surface area contributed by atoms with Crippen molar-refractivity contribution >= 4 is 6.03 Å². The monoisotopic (exact) mass is 367 g/mol. The van der Waals surface area contributed by atoms with Gasteiger partial charge >= 0.3 is 6.03 Å². The van der Waals surface area contributed by atoms with Crippen LogP contribution in [0, 0.1) is 0 Å². The van der Waals surface area contributed by atoms with Gasteiger partial charge in [-0.15, -0.1) is 0 Å².